The van der Waals surface area contributed by atoms with E-state index in [9.17, 15) is 0 Å². The molecule has 3 nitrogen and oxygen atoms in total. The summed E-state index contributed by atoms with van der Waals surface area (Å²) in [6.45, 7) is 5.14. The van der Waals surface area contributed by atoms with Gasteiger partial charge >= 0.3 is 0 Å². The Morgan fingerprint density at radius 2 is 1.83 bits per heavy atom. The van der Waals surface area contributed by atoms with Crippen LogP contribution in [0.1, 0.15) is 31.4 Å². The highest BCUT2D eigenvalue weighted by molar-refractivity contribution is 5.50. The molecular weight excluding hydrogens is 300 g/mol. The van der Waals surface area contributed by atoms with Crippen LogP contribution in [0.25, 0.3) is 6.08 Å². The van der Waals surface area contributed by atoms with Gasteiger partial charge in [0.15, 0.2) is 5.79 Å². The van der Waals surface area contributed by atoms with Crippen LogP contribution in [-0.4, -0.2) is 18.5 Å². The number of hydrogen-bond acceptors (Lipinski definition) is 3. The Hall–Kier alpha value is -2.10. The van der Waals surface area contributed by atoms with Crippen LogP contribution in [0.2, 0.25) is 0 Å². The summed E-state index contributed by atoms with van der Waals surface area (Å²) in [7, 11) is 0. The van der Waals surface area contributed by atoms with E-state index >= 15 is 0 Å². The molecule has 1 saturated heterocycles. The number of benzene rings is 2. The van der Waals surface area contributed by atoms with Gasteiger partial charge < -0.3 is 14.2 Å². The summed E-state index contributed by atoms with van der Waals surface area (Å²) >= 11 is 0. The van der Waals surface area contributed by atoms with Gasteiger partial charge in [0.25, 0.3) is 0 Å². The van der Waals surface area contributed by atoms with Crippen molar-refractivity contribution >= 4 is 6.08 Å². The third-order valence-electron chi connectivity index (χ3n) is 3.91. The van der Waals surface area contributed by atoms with Crippen LogP contribution < -0.4 is 4.74 Å². The van der Waals surface area contributed by atoms with Crippen LogP contribution in [0.3, 0.4) is 0 Å². The van der Waals surface area contributed by atoms with Crippen LogP contribution in [0.5, 0.6) is 5.75 Å². The topological polar surface area (TPSA) is 27.7 Å². The van der Waals surface area contributed by atoms with Gasteiger partial charge in [-0.15, -0.1) is 0 Å². The number of ether oxygens (including phenoxy) is 3. The van der Waals surface area contributed by atoms with Crippen LogP contribution in [0.15, 0.2) is 60.7 Å². The van der Waals surface area contributed by atoms with Gasteiger partial charge in [-0.25, -0.2) is 0 Å². The van der Waals surface area contributed by atoms with E-state index in [2.05, 4.69) is 36.4 Å². The lowest BCUT2D eigenvalue weighted by molar-refractivity contribution is -0.137. The van der Waals surface area contributed by atoms with Crippen molar-refractivity contribution in [2.75, 3.05) is 6.61 Å². The molecule has 1 heterocycles. The highest BCUT2D eigenvalue weighted by Gasteiger charge is 2.31. The van der Waals surface area contributed by atoms with E-state index in [-0.39, 0.29) is 6.10 Å². The van der Waals surface area contributed by atoms with Crippen molar-refractivity contribution in [1.29, 1.82) is 0 Å². The fourth-order valence-electron chi connectivity index (χ4n) is 2.65. The van der Waals surface area contributed by atoms with E-state index < -0.39 is 5.79 Å². The van der Waals surface area contributed by atoms with Crippen molar-refractivity contribution in [1.82, 2.24) is 0 Å². The predicted octanol–water partition coefficient (Wildman–Crippen LogP) is 4.82. The molecule has 0 radical (unpaired) electrons. The zero-order chi connectivity index (χ0) is 16.8. The summed E-state index contributed by atoms with van der Waals surface area (Å²) in [6, 6.07) is 18.3. The second-order valence-electron chi connectivity index (χ2n) is 6.43. The molecule has 0 spiro atoms. The lowest BCUT2D eigenvalue weighted by Gasteiger charge is -2.16. The average molecular weight is 324 g/mol. The molecule has 0 N–H and O–H groups in total. The van der Waals surface area contributed by atoms with Gasteiger partial charge in [0.1, 0.15) is 12.4 Å². The number of rotatable bonds is 6. The van der Waals surface area contributed by atoms with Crippen LogP contribution >= 0.6 is 0 Å². The smallest absolute Gasteiger partial charge is 0.163 e. The van der Waals surface area contributed by atoms with E-state index in [1.54, 1.807) is 0 Å². The Bertz CT molecular complexity index is 659. The first-order valence-corrected chi connectivity index (χ1v) is 8.36. The summed E-state index contributed by atoms with van der Waals surface area (Å²) in [5, 5.41) is 0. The first-order valence-electron chi connectivity index (χ1n) is 8.36. The van der Waals surface area contributed by atoms with Gasteiger partial charge in [-0.1, -0.05) is 54.6 Å². The molecule has 3 heteroatoms. The quantitative estimate of drug-likeness (QED) is 0.762. The molecule has 1 fully saturated rings. The maximum absolute atomic E-state index is 5.80. The summed E-state index contributed by atoms with van der Waals surface area (Å²) in [5.41, 5.74) is 2.32. The standard InChI is InChI=1S/C21H24O3/c1-21(2)23-16-20(24-21)10-6-9-17-11-13-19(14-12-17)22-15-18-7-4-3-5-8-18/h3-9,11-14,20H,10,15-16H2,1-2H3/b9-6+. The van der Waals surface area contributed by atoms with Crippen LogP contribution in [0, 0.1) is 0 Å². The summed E-state index contributed by atoms with van der Waals surface area (Å²) in [5.74, 6) is 0.432. The summed E-state index contributed by atoms with van der Waals surface area (Å²) in [4.78, 5) is 0. The molecule has 126 valence electrons. The molecule has 0 bridgehead atoms. The Morgan fingerprint density at radius 3 is 2.50 bits per heavy atom. The largest absolute Gasteiger partial charge is 0.489 e. The molecular formula is C21H24O3. The third kappa shape index (κ3) is 4.95. The molecule has 2 aromatic rings. The highest BCUT2D eigenvalue weighted by atomic mass is 16.7. The van der Waals surface area contributed by atoms with Gasteiger partial charge in [0, 0.05) is 0 Å². The Balaban J connectivity index is 1.47. The second-order valence-corrected chi connectivity index (χ2v) is 6.43. The Labute approximate surface area is 143 Å². The molecule has 1 aliphatic rings. The zero-order valence-electron chi connectivity index (χ0n) is 14.3. The average Bonchev–Trinajstić information content (AvgIpc) is 2.94. The Morgan fingerprint density at radius 1 is 1.08 bits per heavy atom. The fourth-order valence-corrected chi connectivity index (χ4v) is 2.65. The minimum Gasteiger partial charge on any atom is -0.489 e. The van der Waals surface area contributed by atoms with Gasteiger partial charge in [-0.3, -0.25) is 0 Å². The van der Waals surface area contributed by atoms with Crippen LogP contribution in [-0.2, 0) is 16.1 Å². The maximum atomic E-state index is 5.80. The molecule has 0 saturated carbocycles. The maximum Gasteiger partial charge on any atom is 0.163 e. The third-order valence-corrected chi connectivity index (χ3v) is 3.91. The summed E-state index contributed by atoms with van der Waals surface area (Å²) < 4.78 is 17.1. The lowest BCUT2D eigenvalue weighted by atomic mass is 10.1. The predicted molar refractivity (Wildman–Crippen MR) is 95.8 cm³/mol. The van der Waals surface area contributed by atoms with Gasteiger partial charge in [-0.2, -0.15) is 0 Å². The van der Waals surface area contributed by atoms with Crippen molar-refractivity contribution in [3.05, 3.63) is 71.8 Å². The van der Waals surface area contributed by atoms with Crippen molar-refractivity contribution in [3.8, 4) is 5.75 Å². The Kier molecular flexibility index (Phi) is 5.34. The molecule has 1 unspecified atom stereocenters. The van der Waals surface area contributed by atoms with Crippen LogP contribution in [0.4, 0.5) is 0 Å². The molecule has 0 amide bonds. The lowest BCUT2D eigenvalue weighted by Crippen LogP contribution is -2.21. The number of hydrogen-bond donors (Lipinski definition) is 0. The van der Waals surface area contributed by atoms with Crippen molar-refractivity contribution in [2.45, 2.75) is 38.8 Å². The van der Waals surface area contributed by atoms with Crippen molar-refractivity contribution < 1.29 is 14.2 Å². The van der Waals surface area contributed by atoms with E-state index in [4.69, 9.17) is 14.2 Å². The molecule has 1 atom stereocenters. The minimum absolute atomic E-state index is 0.143. The van der Waals surface area contributed by atoms with E-state index in [0.717, 1.165) is 17.7 Å². The van der Waals surface area contributed by atoms with Gasteiger partial charge in [0.05, 0.1) is 12.7 Å². The second kappa shape index (κ2) is 7.65. The molecule has 3 rings (SSSR count). The zero-order valence-corrected chi connectivity index (χ0v) is 14.3. The molecule has 1 aliphatic heterocycles. The molecule has 2 aromatic carbocycles. The first-order chi connectivity index (χ1) is 11.6. The van der Waals surface area contributed by atoms with Gasteiger partial charge in [-0.05, 0) is 43.5 Å². The fraction of sp³-hybridized carbons (Fsp3) is 0.333. The molecule has 0 aromatic heterocycles. The van der Waals surface area contributed by atoms with E-state index in [1.165, 1.54) is 5.56 Å². The first kappa shape index (κ1) is 16.7. The molecule has 0 aliphatic carbocycles. The minimum atomic E-state index is -0.448. The molecule has 24 heavy (non-hydrogen) atoms. The monoisotopic (exact) mass is 324 g/mol. The van der Waals surface area contributed by atoms with E-state index in [1.807, 2.05) is 44.2 Å². The SMILES string of the molecule is CC1(C)OCC(C/C=C/c2ccc(OCc3ccccc3)cc2)O1. The normalized spacial score (nSPS) is 19.7. The summed E-state index contributed by atoms with van der Waals surface area (Å²) in [6.07, 6.45) is 5.24. The van der Waals surface area contributed by atoms with E-state index in [0.29, 0.717) is 13.2 Å². The van der Waals surface area contributed by atoms with Crippen molar-refractivity contribution in [2.24, 2.45) is 0 Å². The van der Waals surface area contributed by atoms with Crippen molar-refractivity contribution in [3.63, 3.8) is 0 Å². The van der Waals surface area contributed by atoms with Gasteiger partial charge in [0.2, 0.25) is 0 Å². The highest BCUT2D eigenvalue weighted by Crippen LogP contribution is 2.24.